The Kier molecular flexibility index (Phi) is 4.75. The maximum absolute atomic E-state index is 12.3. The molecule has 1 saturated heterocycles. The lowest BCUT2D eigenvalue weighted by atomic mass is 9.93. The minimum atomic E-state index is -0.853. The summed E-state index contributed by atoms with van der Waals surface area (Å²) in [7, 11) is 1.69. The second-order valence-electron chi connectivity index (χ2n) is 5.35. The molecule has 20 heavy (non-hydrogen) atoms. The van der Waals surface area contributed by atoms with E-state index in [4.69, 9.17) is 9.84 Å². The molecule has 1 aliphatic rings. The molecular formula is C15H21NO4. The van der Waals surface area contributed by atoms with Crippen LogP contribution in [-0.4, -0.2) is 53.4 Å². The predicted molar refractivity (Wildman–Crippen MR) is 74.3 cm³/mol. The van der Waals surface area contributed by atoms with Gasteiger partial charge in [0.1, 0.15) is 0 Å². The monoisotopic (exact) mass is 279 g/mol. The molecule has 2 rings (SSSR count). The molecule has 0 aromatic heterocycles. The van der Waals surface area contributed by atoms with Crippen LogP contribution >= 0.6 is 0 Å². The molecule has 1 amide bonds. The van der Waals surface area contributed by atoms with E-state index < -0.39 is 5.60 Å². The number of aliphatic hydroxyl groups is 2. The summed E-state index contributed by atoms with van der Waals surface area (Å²) in [6, 6.07) is 6.84. The number of ether oxygens (including phenoxy) is 1. The Hall–Kier alpha value is -1.43. The first-order valence-corrected chi connectivity index (χ1v) is 6.79. The van der Waals surface area contributed by atoms with Crippen LogP contribution in [0.1, 0.15) is 28.8 Å². The fourth-order valence-electron chi connectivity index (χ4n) is 2.40. The minimum absolute atomic E-state index is 0.0376. The highest BCUT2D eigenvalue weighted by molar-refractivity contribution is 5.94. The van der Waals surface area contributed by atoms with Crippen LogP contribution in [0.3, 0.4) is 0 Å². The van der Waals surface area contributed by atoms with Crippen molar-refractivity contribution in [1.82, 2.24) is 4.90 Å². The number of hydrogen-bond donors (Lipinski definition) is 2. The molecule has 5 nitrogen and oxygen atoms in total. The normalized spacial score (nSPS) is 17.8. The molecule has 1 heterocycles. The van der Waals surface area contributed by atoms with Crippen molar-refractivity contribution in [2.75, 3.05) is 26.8 Å². The average molecular weight is 279 g/mol. The molecule has 0 bridgehead atoms. The van der Waals surface area contributed by atoms with Crippen molar-refractivity contribution < 1.29 is 19.7 Å². The molecule has 0 spiro atoms. The van der Waals surface area contributed by atoms with E-state index in [1.807, 2.05) is 0 Å². The second kappa shape index (κ2) is 6.35. The zero-order valence-electron chi connectivity index (χ0n) is 11.7. The third-order valence-electron chi connectivity index (χ3n) is 3.69. The lowest BCUT2D eigenvalue weighted by Gasteiger charge is -2.35. The molecular weight excluding hydrogens is 258 g/mol. The summed E-state index contributed by atoms with van der Waals surface area (Å²) in [6.45, 7) is 1.33. The third kappa shape index (κ3) is 3.56. The molecule has 1 aliphatic heterocycles. The van der Waals surface area contributed by atoms with Crippen LogP contribution in [-0.2, 0) is 11.3 Å². The lowest BCUT2D eigenvalue weighted by Crippen LogP contribution is -2.47. The smallest absolute Gasteiger partial charge is 0.253 e. The van der Waals surface area contributed by atoms with Crippen molar-refractivity contribution >= 4 is 5.91 Å². The van der Waals surface area contributed by atoms with Gasteiger partial charge in [-0.25, -0.2) is 0 Å². The number of likely N-dealkylation sites (N-methyl/N-ethyl adjacent to an activating group) is 1. The van der Waals surface area contributed by atoms with Crippen LogP contribution in [0.5, 0.6) is 0 Å². The summed E-state index contributed by atoms with van der Waals surface area (Å²) in [4.78, 5) is 13.8. The number of nitrogens with zero attached hydrogens (tertiary/aromatic N) is 1. The zero-order chi connectivity index (χ0) is 14.6. The number of carbonyl (C=O) groups excluding carboxylic acids is 1. The van der Waals surface area contributed by atoms with Gasteiger partial charge in [0.15, 0.2) is 0 Å². The van der Waals surface area contributed by atoms with E-state index in [0.29, 0.717) is 38.2 Å². The Labute approximate surface area is 118 Å². The van der Waals surface area contributed by atoms with Gasteiger partial charge in [0, 0.05) is 45.2 Å². The first kappa shape index (κ1) is 15.0. The van der Waals surface area contributed by atoms with E-state index in [-0.39, 0.29) is 12.5 Å². The van der Waals surface area contributed by atoms with E-state index >= 15 is 0 Å². The second-order valence-corrected chi connectivity index (χ2v) is 5.35. The molecule has 1 aromatic carbocycles. The Morgan fingerprint density at radius 2 is 1.90 bits per heavy atom. The molecule has 0 unspecified atom stereocenters. The quantitative estimate of drug-likeness (QED) is 0.855. The zero-order valence-corrected chi connectivity index (χ0v) is 11.7. The Morgan fingerprint density at radius 1 is 1.30 bits per heavy atom. The highest BCUT2D eigenvalue weighted by atomic mass is 16.5. The summed E-state index contributed by atoms with van der Waals surface area (Å²) >= 11 is 0. The molecule has 0 atom stereocenters. The van der Waals surface area contributed by atoms with Crippen LogP contribution in [0.25, 0.3) is 0 Å². The molecule has 0 saturated carbocycles. The maximum Gasteiger partial charge on any atom is 0.253 e. The molecule has 0 aliphatic carbocycles. The van der Waals surface area contributed by atoms with Gasteiger partial charge < -0.3 is 19.8 Å². The molecule has 2 N–H and O–H groups in total. The van der Waals surface area contributed by atoms with Gasteiger partial charge in [0.05, 0.1) is 12.2 Å². The minimum Gasteiger partial charge on any atom is -0.392 e. The predicted octanol–water partition coefficient (Wildman–Crippen LogP) is 0.792. The van der Waals surface area contributed by atoms with E-state index in [1.54, 1.807) is 36.2 Å². The topological polar surface area (TPSA) is 70.0 Å². The van der Waals surface area contributed by atoms with Crippen molar-refractivity contribution in [1.29, 1.82) is 0 Å². The van der Waals surface area contributed by atoms with Crippen LogP contribution in [0, 0.1) is 0 Å². The van der Waals surface area contributed by atoms with Crippen molar-refractivity contribution in [2.45, 2.75) is 25.0 Å². The largest absolute Gasteiger partial charge is 0.392 e. The van der Waals surface area contributed by atoms with Gasteiger partial charge >= 0.3 is 0 Å². The van der Waals surface area contributed by atoms with Gasteiger partial charge in [0.2, 0.25) is 0 Å². The lowest BCUT2D eigenvalue weighted by molar-refractivity contribution is -0.0734. The van der Waals surface area contributed by atoms with Crippen LogP contribution in [0.4, 0.5) is 0 Å². The van der Waals surface area contributed by atoms with Crippen molar-refractivity contribution in [3.05, 3.63) is 35.4 Å². The molecule has 0 radical (unpaired) electrons. The Bertz CT molecular complexity index is 451. The van der Waals surface area contributed by atoms with Crippen molar-refractivity contribution in [2.24, 2.45) is 0 Å². The number of benzene rings is 1. The first-order valence-electron chi connectivity index (χ1n) is 6.79. The molecule has 1 fully saturated rings. The Balaban J connectivity index is 2.00. The number of aliphatic hydroxyl groups excluding tert-OH is 1. The van der Waals surface area contributed by atoms with Gasteiger partial charge in [0.25, 0.3) is 5.91 Å². The average Bonchev–Trinajstić information content (AvgIpc) is 2.47. The van der Waals surface area contributed by atoms with E-state index in [1.165, 1.54) is 0 Å². The van der Waals surface area contributed by atoms with Gasteiger partial charge in [-0.1, -0.05) is 12.1 Å². The fraction of sp³-hybridized carbons (Fsp3) is 0.533. The standard InChI is InChI=1S/C15H21NO4/c1-16(11-15(19)6-8-20-9-7-15)14(18)13-4-2-12(10-17)3-5-13/h2-5,17,19H,6-11H2,1H3. The maximum atomic E-state index is 12.3. The number of rotatable bonds is 4. The summed E-state index contributed by atoms with van der Waals surface area (Å²) in [6.07, 6.45) is 1.10. The van der Waals surface area contributed by atoms with E-state index in [0.717, 1.165) is 5.56 Å². The van der Waals surface area contributed by atoms with Crippen LogP contribution in [0.15, 0.2) is 24.3 Å². The Morgan fingerprint density at radius 3 is 2.45 bits per heavy atom. The third-order valence-corrected chi connectivity index (χ3v) is 3.69. The number of carbonyl (C=O) groups is 1. The van der Waals surface area contributed by atoms with Crippen LogP contribution in [0.2, 0.25) is 0 Å². The highest BCUT2D eigenvalue weighted by Gasteiger charge is 2.32. The summed E-state index contributed by atoms with van der Waals surface area (Å²) in [5.41, 5.74) is 0.473. The van der Waals surface area contributed by atoms with Crippen molar-refractivity contribution in [3.8, 4) is 0 Å². The van der Waals surface area contributed by atoms with Gasteiger partial charge in [-0.15, -0.1) is 0 Å². The van der Waals surface area contributed by atoms with Gasteiger partial charge in [-0.2, -0.15) is 0 Å². The molecule has 110 valence electrons. The molecule has 1 aromatic rings. The summed E-state index contributed by atoms with van der Waals surface area (Å²) in [5, 5.41) is 19.4. The SMILES string of the molecule is CN(CC1(O)CCOCC1)C(=O)c1ccc(CO)cc1. The highest BCUT2D eigenvalue weighted by Crippen LogP contribution is 2.22. The van der Waals surface area contributed by atoms with Gasteiger partial charge in [-0.05, 0) is 17.7 Å². The van der Waals surface area contributed by atoms with E-state index in [9.17, 15) is 9.90 Å². The van der Waals surface area contributed by atoms with Crippen molar-refractivity contribution in [3.63, 3.8) is 0 Å². The van der Waals surface area contributed by atoms with Crippen LogP contribution < -0.4 is 0 Å². The summed E-state index contributed by atoms with van der Waals surface area (Å²) < 4.78 is 5.23. The number of hydrogen-bond acceptors (Lipinski definition) is 4. The summed E-state index contributed by atoms with van der Waals surface area (Å²) in [5.74, 6) is -0.130. The van der Waals surface area contributed by atoms with E-state index in [2.05, 4.69) is 0 Å². The molecule has 5 heteroatoms. The first-order chi connectivity index (χ1) is 9.54. The fourth-order valence-corrected chi connectivity index (χ4v) is 2.40. The van der Waals surface area contributed by atoms with Gasteiger partial charge in [-0.3, -0.25) is 4.79 Å². The number of amides is 1.